The quantitative estimate of drug-likeness (QED) is 0.840. The lowest BCUT2D eigenvalue weighted by atomic mass is 9.94. The van der Waals surface area contributed by atoms with Gasteiger partial charge >= 0.3 is 0 Å². The van der Waals surface area contributed by atoms with E-state index in [1.165, 1.54) is 18.2 Å². The van der Waals surface area contributed by atoms with E-state index >= 15 is 0 Å². The van der Waals surface area contributed by atoms with Crippen molar-refractivity contribution in [3.63, 3.8) is 0 Å². The third-order valence-electron chi connectivity index (χ3n) is 2.37. The summed E-state index contributed by atoms with van der Waals surface area (Å²) >= 11 is 5.84. The molecule has 2 atom stereocenters. The van der Waals surface area contributed by atoms with Crippen LogP contribution in [0.1, 0.15) is 25.5 Å². The summed E-state index contributed by atoms with van der Waals surface area (Å²) in [7, 11) is 0. The standard InChI is InChI=1S/C11H15ClFNO/c1-6(2)11(15)10(14)8-4-3-7(13)5-9(8)12/h3-6,10-11,15H,14H2,1-2H3/t10-,11+/m1/s1. The molecule has 84 valence electrons. The number of hydrogen-bond donors (Lipinski definition) is 2. The highest BCUT2D eigenvalue weighted by molar-refractivity contribution is 6.31. The summed E-state index contributed by atoms with van der Waals surface area (Å²) in [6.07, 6.45) is -0.687. The highest BCUT2D eigenvalue weighted by Crippen LogP contribution is 2.26. The maximum Gasteiger partial charge on any atom is 0.124 e. The first-order valence-electron chi connectivity index (χ1n) is 4.82. The van der Waals surface area contributed by atoms with Gasteiger partial charge in [0.25, 0.3) is 0 Å². The van der Waals surface area contributed by atoms with E-state index in [9.17, 15) is 9.50 Å². The van der Waals surface area contributed by atoms with E-state index in [1.54, 1.807) is 0 Å². The fourth-order valence-electron chi connectivity index (χ4n) is 1.37. The minimum Gasteiger partial charge on any atom is -0.391 e. The van der Waals surface area contributed by atoms with Gasteiger partial charge < -0.3 is 10.8 Å². The molecular formula is C11H15ClFNO. The van der Waals surface area contributed by atoms with Gasteiger partial charge in [0, 0.05) is 5.02 Å². The molecule has 1 rings (SSSR count). The molecule has 0 saturated carbocycles. The molecule has 15 heavy (non-hydrogen) atoms. The second-order valence-corrected chi connectivity index (χ2v) is 4.33. The Balaban J connectivity index is 2.96. The molecule has 0 radical (unpaired) electrons. The molecule has 0 spiro atoms. The molecule has 2 nitrogen and oxygen atoms in total. The van der Waals surface area contributed by atoms with Crippen LogP contribution in [0.25, 0.3) is 0 Å². The number of rotatable bonds is 3. The van der Waals surface area contributed by atoms with Crippen molar-refractivity contribution < 1.29 is 9.50 Å². The van der Waals surface area contributed by atoms with Crippen molar-refractivity contribution in [2.24, 2.45) is 11.7 Å². The first-order valence-corrected chi connectivity index (χ1v) is 5.20. The van der Waals surface area contributed by atoms with Gasteiger partial charge in [0.1, 0.15) is 5.82 Å². The van der Waals surface area contributed by atoms with E-state index in [4.69, 9.17) is 17.3 Å². The fourth-order valence-corrected chi connectivity index (χ4v) is 1.66. The van der Waals surface area contributed by atoms with E-state index in [-0.39, 0.29) is 10.9 Å². The highest BCUT2D eigenvalue weighted by Gasteiger charge is 2.22. The average Bonchev–Trinajstić information content (AvgIpc) is 2.15. The molecule has 0 fully saturated rings. The average molecular weight is 232 g/mol. The summed E-state index contributed by atoms with van der Waals surface area (Å²) < 4.78 is 12.8. The van der Waals surface area contributed by atoms with Gasteiger partial charge in [0.2, 0.25) is 0 Å². The topological polar surface area (TPSA) is 46.2 Å². The molecule has 0 saturated heterocycles. The molecule has 0 amide bonds. The predicted molar refractivity (Wildman–Crippen MR) is 59.2 cm³/mol. The lowest BCUT2D eigenvalue weighted by Gasteiger charge is -2.23. The second kappa shape index (κ2) is 4.92. The van der Waals surface area contributed by atoms with Gasteiger partial charge in [-0.2, -0.15) is 0 Å². The highest BCUT2D eigenvalue weighted by atomic mass is 35.5. The minimum absolute atomic E-state index is 0.0288. The number of halogens is 2. The van der Waals surface area contributed by atoms with Crippen LogP contribution in [-0.4, -0.2) is 11.2 Å². The lowest BCUT2D eigenvalue weighted by Crippen LogP contribution is -2.30. The number of benzene rings is 1. The van der Waals surface area contributed by atoms with Crippen LogP contribution in [0.15, 0.2) is 18.2 Å². The van der Waals surface area contributed by atoms with Gasteiger partial charge in [0.05, 0.1) is 12.1 Å². The molecule has 0 aromatic heterocycles. The Labute approximate surface area is 93.9 Å². The Bertz CT molecular complexity index is 343. The monoisotopic (exact) mass is 231 g/mol. The van der Waals surface area contributed by atoms with Crippen LogP contribution >= 0.6 is 11.6 Å². The zero-order valence-corrected chi connectivity index (χ0v) is 9.50. The lowest BCUT2D eigenvalue weighted by molar-refractivity contribution is 0.0979. The Morgan fingerprint density at radius 2 is 2.00 bits per heavy atom. The molecule has 0 bridgehead atoms. The molecule has 1 aromatic carbocycles. The maximum atomic E-state index is 12.8. The third kappa shape index (κ3) is 2.91. The normalized spacial score (nSPS) is 15.4. The Kier molecular flexibility index (Phi) is 4.08. The second-order valence-electron chi connectivity index (χ2n) is 3.93. The Hall–Kier alpha value is -0.640. The van der Waals surface area contributed by atoms with Crippen molar-refractivity contribution in [1.82, 2.24) is 0 Å². The van der Waals surface area contributed by atoms with Crippen LogP contribution in [0.2, 0.25) is 5.02 Å². The SMILES string of the molecule is CC(C)[C@H](O)[C@H](N)c1ccc(F)cc1Cl. The van der Waals surface area contributed by atoms with Gasteiger partial charge in [-0.15, -0.1) is 0 Å². The van der Waals surface area contributed by atoms with Crippen molar-refractivity contribution in [3.05, 3.63) is 34.6 Å². The smallest absolute Gasteiger partial charge is 0.124 e. The summed E-state index contributed by atoms with van der Waals surface area (Å²) in [6, 6.07) is 3.41. The van der Waals surface area contributed by atoms with Gasteiger partial charge in [-0.3, -0.25) is 0 Å². The van der Waals surface area contributed by atoms with Crippen LogP contribution < -0.4 is 5.73 Å². The molecule has 0 aliphatic heterocycles. The first kappa shape index (κ1) is 12.4. The summed E-state index contributed by atoms with van der Waals surface area (Å²) in [5.41, 5.74) is 6.40. The van der Waals surface area contributed by atoms with Crippen molar-refractivity contribution in [1.29, 1.82) is 0 Å². The Morgan fingerprint density at radius 1 is 1.40 bits per heavy atom. The molecule has 0 unspecified atom stereocenters. The zero-order valence-electron chi connectivity index (χ0n) is 8.74. The van der Waals surface area contributed by atoms with E-state index in [0.717, 1.165) is 0 Å². The maximum absolute atomic E-state index is 12.8. The van der Waals surface area contributed by atoms with E-state index in [2.05, 4.69) is 0 Å². The van der Waals surface area contributed by atoms with Crippen LogP contribution in [0.3, 0.4) is 0 Å². The Morgan fingerprint density at radius 3 is 2.47 bits per heavy atom. The zero-order chi connectivity index (χ0) is 11.6. The van der Waals surface area contributed by atoms with Gasteiger partial charge in [0.15, 0.2) is 0 Å². The third-order valence-corrected chi connectivity index (χ3v) is 2.70. The van der Waals surface area contributed by atoms with E-state index in [0.29, 0.717) is 5.56 Å². The number of aliphatic hydroxyl groups excluding tert-OH is 1. The molecular weight excluding hydrogens is 217 g/mol. The summed E-state index contributed by atoms with van der Waals surface area (Å²) in [6.45, 7) is 3.73. The van der Waals surface area contributed by atoms with Gasteiger partial charge in [-0.05, 0) is 23.6 Å². The number of hydrogen-bond acceptors (Lipinski definition) is 2. The predicted octanol–water partition coefficient (Wildman–Crippen LogP) is 2.50. The molecule has 0 heterocycles. The van der Waals surface area contributed by atoms with Crippen LogP contribution in [0.4, 0.5) is 4.39 Å². The van der Waals surface area contributed by atoms with Crippen LogP contribution in [0.5, 0.6) is 0 Å². The van der Waals surface area contributed by atoms with Crippen molar-refractivity contribution in [2.45, 2.75) is 26.0 Å². The van der Waals surface area contributed by atoms with E-state index in [1.807, 2.05) is 13.8 Å². The largest absolute Gasteiger partial charge is 0.391 e. The van der Waals surface area contributed by atoms with E-state index < -0.39 is 18.0 Å². The fraction of sp³-hybridized carbons (Fsp3) is 0.455. The summed E-state index contributed by atoms with van der Waals surface area (Å²) in [5, 5.41) is 10.0. The molecule has 0 aliphatic carbocycles. The minimum atomic E-state index is -0.687. The number of aliphatic hydroxyl groups is 1. The van der Waals surface area contributed by atoms with Crippen molar-refractivity contribution in [2.75, 3.05) is 0 Å². The summed E-state index contributed by atoms with van der Waals surface area (Å²) in [4.78, 5) is 0. The molecule has 3 N–H and O–H groups in total. The van der Waals surface area contributed by atoms with Crippen LogP contribution in [0, 0.1) is 11.7 Å². The molecule has 0 aliphatic rings. The van der Waals surface area contributed by atoms with Crippen molar-refractivity contribution >= 4 is 11.6 Å². The molecule has 1 aromatic rings. The van der Waals surface area contributed by atoms with Crippen LogP contribution in [-0.2, 0) is 0 Å². The van der Waals surface area contributed by atoms with Gasteiger partial charge in [-0.25, -0.2) is 4.39 Å². The molecule has 4 heteroatoms. The summed E-state index contributed by atoms with van der Waals surface area (Å²) in [5.74, 6) is -0.379. The van der Waals surface area contributed by atoms with Crippen molar-refractivity contribution in [3.8, 4) is 0 Å². The number of nitrogens with two attached hydrogens (primary N) is 1. The van der Waals surface area contributed by atoms with Gasteiger partial charge in [-0.1, -0.05) is 31.5 Å². The first-order chi connectivity index (χ1) is 6.93.